The van der Waals surface area contributed by atoms with Crippen molar-refractivity contribution in [2.45, 2.75) is 32.2 Å². The molecule has 0 aromatic heterocycles. The van der Waals surface area contributed by atoms with Gasteiger partial charge in [0.05, 0.1) is 6.04 Å². The minimum atomic E-state index is -0.0567. The number of benzene rings is 1. The average Bonchev–Trinajstić information content (AvgIpc) is 2.31. The molecular formula is C13H19NO2. The number of likely N-dealkylation sites (N-methyl/N-ethyl adjacent to an activating group) is 1. The number of carbonyl (C=O) groups is 1. The molecule has 0 spiro atoms. The molecule has 3 nitrogen and oxygen atoms in total. The first-order valence-corrected chi connectivity index (χ1v) is 5.65. The molecule has 0 radical (unpaired) electrons. The zero-order valence-corrected chi connectivity index (χ0v) is 9.86. The van der Waals surface area contributed by atoms with Crippen molar-refractivity contribution in [2.24, 2.45) is 0 Å². The van der Waals surface area contributed by atoms with Gasteiger partial charge in [-0.05, 0) is 37.6 Å². The lowest BCUT2D eigenvalue weighted by molar-refractivity contribution is -0.120. The average molecular weight is 221 g/mol. The van der Waals surface area contributed by atoms with Gasteiger partial charge in [-0.1, -0.05) is 19.1 Å². The van der Waals surface area contributed by atoms with Gasteiger partial charge in [-0.15, -0.1) is 0 Å². The van der Waals surface area contributed by atoms with Gasteiger partial charge >= 0.3 is 0 Å². The molecular weight excluding hydrogens is 202 g/mol. The molecule has 0 aliphatic carbocycles. The zero-order valence-electron chi connectivity index (χ0n) is 9.86. The number of ketones is 1. The summed E-state index contributed by atoms with van der Waals surface area (Å²) in [5.74, 6) is 0.528. The number of nitrogens with one attached hydrogen (secondary N) is 1. The number of phenolic OH excluding ortho intramolecular Hbond substituents is 1. The van der Waals surface area contributed by atoms with Crippen molar-refractivity contribution in [3.05, 3.63) is 29.8 Å². The third-order valence-electron chi connectivity index (χ3n) is 2.74. The lowest BCUT2D eigenvalue weighted by Crippen LogP contribution is -2.33. The third-order valence-corrected chi connectivity index (χ3v) is 2.74. The first-order valence-electron chi connectivity index (χ1n) is 5.65. The molecule has 0 bridgehead atoms. The Bertz CT molecular complexity index is 332. The molecule has 1 atom stereocenters. The first kappa shape index (κ1) is 12.7. The fraction of sp³-hybridized carbons (Fsp3) is 0.462. The third kappa shape index (κ3) is 3.66. The molecule has 16 heavy (non-hydrogen) atoms. The fourth-order valence-electron chi connectivity index (χ4n) is 1.69. The molecule has 0 fully saturated rings. The number of aromatic hydroxyl groups is 1. The quantitative estimate of drug-likeness (QED) is 0.771. The Morgan fingerprint density at radius 2 is 2.00 bits per heavy atom. The standard InChI is InChI=1S/C13H19NO2/c1-3-13(16)12(14-2)9-6-10-4-7-11(15)8-5-10/h4-5,7-8,12,14-15H,3,6,9H2,1-2H3. The summed E-state index contributed by atoms with van der Waals surface area (Å²) < 4.78 is 0. The van der Waals surface area contributed by atoms with Crippen molar-refractivity contribution in [2.75, 3.05) is 7.05 Å². The van der Waals surface area contributed by atoms with Gasteiger partial charge in [0.2, 0.25) is 0 Å². The van der Waals surface area contributed by atoms with Crippen LogP contribution < -0.4 is 5.32 Å². The molecule has 1 unspecified atom stereocenters. The van der Waals surface area contributed by atoms with E-state index in [1.165, 1.54) is 0 Å². The molecule has 0 aliphatic heterocycles. The number of aryl methyl sites for hydroxylation is 1. The molecule has 1 aromatic rings. The summed E-state index contributed by atoms with van der Waals surface area (Å²) in [6.07, 6.45) is 2.21. The zero-order chi connectivity index (χ0) is 12.0. The summed E-state index contributed by atoms with van der Waals surface area (Å²) in [6, 6.07) is 7.06. The second-order valence-corrected chi connectivity index (χ2v) is 3.87. The van der Waals surface area contributed by atoms with E-state index in [0.717, 1.165) is 18.4 Å². The summed E-state index contributed by atoms with van der Waals surface area (Å²) in [5.41, 5.74) is 1.14. The molecule has 3 heteroatoms. The van der Waals surface area contributed by atoms with Crippen LogP contribution in [0.1, 0.15) is 25.3 Å². The van der Waals surface area contributed by atoms with Crippen LogP contribution in [0.2, 0.25) is 0 Å². The Kier molecular flexibility index (Phi) is 4.99. The smallest absolute Gasteiger partial charge is 0.149 e. The van der Waals surface area contributed by atoms with Crippen molar-refractivity contribution in [3.63, 3.8) is 0 Å². The van der Waals surface area contributed by atoms with E-state index in [1.54, 1.807) is 12.1 Å². The number of rotatable bonds is 6. The van der Waals surface area contributed by atoms with Crippen LogP contribution >= 0.6 is 0 Å². The van der Waals surface area contributed by atoms with Gasteiger partial charge in [-0.3, -0.25) is 4.79 Å². The first-order chi connectivity index (χ1) is 7.67. The molecule has 88 valence electrons. The lowest BCUT2D eigenvalue weighted by atomic mass is 10.0. The minimum absolute atomic E-state index is 0.0567. The van der Waals surface area contributed by atoms with Crippen LogP contribution in [-0.4, -0.2) is 24.0 Å². The Labute approximate surface area is 96.5 Å². The highest BCUT2D eigenvalue weighted by molar-refractivity contribution is 5.83. The predicted octanol–water partition coefficient (Wildman–Crippen LogP) is 1.89. The van der Waals surface area contributed by atoms with Gasteiger partial charge in [0, 0.05) is 6.42 Å². The number of hydrogen-bond donors (Lipinski definition) is 2. The summed E-state index contributed by atoms with van der Waals surface area (Å²) in [5, 5.41) is 12.2. The van der Waals surface area contributed by atoms with Crippen molar-refractivity contribution in [1.82, 2.24) is 5.32 Å². The van der Waals surface area contributed by atoms with E-state index in [9.17, 15) is 4.79 Å². The molecule has 1 rings (SSSR count). The molecule has 2 N–H and O–H groups in total. The Morgan fingerprint density at radius 3 is 2.50 bits per heavy atom. The van der Waals surface area contributed by atoms with Gasteiger partial charge in [0.15, 0.2) is 0 Å². The van der Waals surface area contributed by atoms with Crippen molar-refractivity contribution < 1.29 is 9.90 Å². The summed E-state index contributed by atoms with van der Waals surface area (Å²) >= 11 is 0. The fourth-order valence-corrected chi connectivity index (χ4v) is 1.69. The largest absolute Gasteiger partial charge is 0.508 e. The Hall–Kier alpha value is -1.35. The number of phenols is 1. The topological polar surface area (TPSA) is 49.3 Å². The second kappa shape index (κ2) is 6.28. The highest BCUT2D eigenvalue weighted by Gasteiger charge is 2.13. The van der Waals surface area contributed by atoms with Crippen LogP contribution in [0.4, 0.5) is 0 Å². The van der Waals surface area contributed by atoms with Crippen LogP contribution in [0, 0.1) is 0 Å². The monoisotopic (exact) mass is 221 g/mol. The summed E-state index contributed by atoms with van der Waals surface area (Å²) in [6.45, 7) is 1.88. The van der Waals surface area contributed by atoms with E-state index in [4.69, 9.17) is 5.11 Å². The van der Waals surface area contributed by atoms with Crippen molar-refractivity contribution in [3.8, 4) is 5.75 Å². The predicted molar refractivity (Wildman–Crippen MR) is 64.6 cm³/mol. The van der Waals surface area contributed by atoms with Crippen LogP contribution in [-0.2, 0) is 11.2 Å². The Balaban J connectivity index is 2.49. The van der Waals surface area contributed by atoms with Crippen LogP contribution in [0.3, 0.4) is 0 Å². The normalized spacial score (nSPS) is 12.4. The maximum atomic E-state index is 11.5. The maximum absolute atomic E-state index is 11.5. The molecule has 0 amide bonds. The number of hydrogen-bond acceptors (Lipinski definition) is 3. The number of Topliss-reactive ketones (excluding diaryl/α,β-unsaturated/α-hetero) is 1. The SMILES string of the molecule is CCC(=O)C(CCc1ccc(O)cc1)NC. The van der Waals surface area contributed by atoms with Crippen LogP contribution in [0.25, 0.3) is 0 Å². The van der Waals surface area contributed by atoms with Gasteiger partial charge in [0.1, 0.15) is 11.5 Å². The number of carbonyl (C=O) groups excluding carboxylic acids is 1. The van der Waals surface area contributed by atoms with E-state index in [2.05, 4.69) is 5.32 Å². The van der Waals surface area contributed by atoms with Gasteiger partial charge < -0.3 is 10.4 Å². The van der Waals surface area contributed by atoms with E-state index in [0.29, 0.717) is 6.42 Å². The Morgan fingerprint density at radius 1 is 1.38 bits per heavy atom. The van der Waals surface area contributed by atoms with Gasteiger partial charge in [0.25, 0.3) is 0 Å². The van der Waals surface area contributed by atoms with Gasteiger partial charge in [-0.25, -0.2) is 0 Å². The second-order valence-electron chi connectivity index (χ2n) is 3.87. The maximum Gasteiger partial charge on any atom is 0.149 e. The van der Waals surface area contributed by atoms with E-state index >= 15 is 0 Å². The highest BCUT2D eigenvalue weighted by Crippen LogP contribution is 2.12. The molecule has 1 aromatic carbocycles. The molecule has 0 heterocycles. The molecule has 0 saturated heterocycles. The van der Waals surface area contributed by atoms with Crippen molar-refractivity contribution >= 4 is 5.78 Å². The molecule has 0 aliphatic rings. The lowest BCUT2D eigenvalue weighted by Gasteiger charge is -2.13. The van der Waals surface area contributed by atoms with E-state index in [-0.39, 0.29) is 17.6 Å². The van der Waals surface area contributed by atoms with Crippen LogP contribution in [0.15, 0.2) is 24.3 Å². The van der Waals surface area contributed by atoms with Crippen LogP contribution in [0.5, 0.6) is 5.75 Å². The van der Waals surface area contributed by atoms with Gasteiger partial charge in [-0.2, -0.15) is 0 Å². The van der Waals surface area contributed by atoms with Crippen molar-refractivity contribution in [1.29, 1.82) is 0 Å². The summed E-state index contributed by atoms with van der Waals surface area (Å²) in [7, 11) is 1.81. The minimum Gasteiger partial charge on any atom is -0.508 e. The molecule has 0 saturated carbocycles. The highest BCUT2D eigenvalue weighted by atomic mass is 16.3. The summed E-state index contributed by atoms with van der Waals surface area (Å²) in [4.78, 5) is 11.5. The van der Waals surface area contributed by atoms with E-state index < -0.39 is 0 Å². The van der Waals surface area contributed by atoms with E-state index in [1.807, 2.05) is 26.1 Å².